The van der Waals surface area contributed by atoms with Crippen LogP contribution in [0.1, 0.15) is 21.5 Å². The van der Waals surface area contributed by atoms with Gasteiger partial charge in [-0.25, -0.2) is 17.6 Å². The van der Waals surface area contributed by atoms with Crippen molar-refractivity contribution < 1.29 is 22.3 Å². The zero-order valence-electron chi connectivity index (χ0n) is 12.9. The summed E-state index contributed by atoms with van der Waals surface area (Å²) in [5.74, 6) is -1.69. The molecule has 0 heterocycles. The van der Waals surface area contributed by atoms with Crippen LogP contribution >= 0.6 is 0 Å². The van der Waals surface area contributed by atoms with E-state index in [0.29, 0.717) is 11.3 Å². The van der Waals surface area contributed by atoms with Crippen LogP contribution in [0.3, 0.4) is 0 Å². The number of sulfonamides is 1. The Hall–Kier alpha value is -2.41. The first kappa shape index (κ1) is 17.0. The smallest absolute Gasteiger partial charge is 0.337 e. The molecular weight excluding hydrogens is 321 g/mol. The van der Waals surface area contributed by atoms with Gasteiger partial charge in [-0.1, -0.05) is 12.1 Å². The third kappa shape index (κ3) is 3.68. The van der Waals surface area contributed by atoms with Crippen LogP contribution in [0.2, 0.25) is 0 Å². The van der Waals surface area contributed by atoms with Crippen LogP contribution in [0.15, 0.2) is 41.3 Å². The first-order chi connectivity index (χ1) is 10.7. The fourth-order valence-corrected chi connectivity index (χ4v) is 3.23. The molecule has 2 aromatic carbocycles. The Kier molecular flexibility index (Phi) is 4.70. The molecule has 0 aliphatic heterocycles. The Morgan fingerprint density at radius 1 is 1.13 bits per heavy atom. The van der Waals surface area contributed by atoms with Crippen molar-refractivity contribution in [1.82, 2.24) is 0 Å². The van der Waals surface area contributed by atoms with Crippen LogP contribution in [0, 0.1) is 19.7 Å². The molecule has 0 aliphatic rings. The van der Waals surface area contributed by atoms with Crippen molar-refractivity contribution in [3.05, 3.63) is 58.9 Å². The lowest BCUT2D eigenvalue weighted by molar-refractivity contribution is 0.0600. The molecular formula is C16H16FNO4S. The third-order valence-corrected chi connectivity index (χ3v) is 4.66. The van der Waals surface area contributed by atoms with Gasteiger partial charge in [0.15, 0.2) is 0 Å². The van der Waals surface area contributed by atoms with Crippen molar-refractivity contribution in [2.45, 2.75) is 18.7 Å². The molecule has 7 heteroatoms. The van der Waals surface area contributed by atoms with Crippen molar-refractivity contribution >= 4 is 21.7 Å². The number of halogens is 1. The lowest BCUT2D eigenvalue weighted by Gasteiger charge is -2.12. The van der Waals surface area contributed by atoms with E-state index in [-0.39, 0.29) is 5.56 Å². The zero-order valence-corrected chi connectivity index (χ0v) is 13.7. The molecule has 0 saturated heterocycles. The number of methoxy groups -OCH3 is 1. The highest BCUT2D eigenvalue weighted by Crippen LogP contribution is 2.23. The lowest BCUT2D eigenvalue weighted by atomic mass is 10.1. The maximum Gasteiger partial charge on any atom is 0.337 e. The van der Waals surface area contributed by atoms with Crippen molar-refractivity contribution in [1.29, 1.82) is 0 Å². The monoisotopic (exact) mass is 337 g/mol. The second-order valence-electron chi connectivity index (χ2n) is 5.06. The summed E-state index contributed by atoms with van der Waals surface area (Å²) in [4.78, 5) is 10.9. The highest BCUT2D eigenvalue weighted by atomic mass is 32.2. The highest BCUT2D eigenvalue weighted by Gasteiger charge is 2.22. The largest absolute Gasteiger partial charge is 0.465 e. The van der Waals surface area contributed by atoms with Crippen LogP contribution in [0.4, 0.5) is 10.1 Å². The molecule has 0 aromatic heterocycles. The second kappa shape index (κ2) is 6.37. The summed E-state index contributed by atoms with van der Waals surface area (Å²) in [5, 5.41) is 0. The summed E-state index contributed by atoms with van der Waals surface area (Å²) < 4.78 is 45.7. The van der Waals surface area contributed by atoms with Gasteiger partial charge in [-0.2, -0.15) is 0 Å². The maximum atomic E-state index is 13.9. The lowest BCUT2D eigenvalue weighted by Crippen LogP contribution is -2.16. The SMILES string of the molecule is COC(=O)c1ccc(F)c(S(=O)(=O)Nc2cc(C)ccc2C)c1. The minimum absolute atomic E-state index is 0.0461. The first-order valence-corrected chi connectivity index (χ1v) is 8.21. The predicted molar refractivity (Wildman–Crippen MR) is 84.5 cm³/mol. The number of anilines is 1. The predicted octanol–water partition coefficient (Wildman–Crippen LogP) is 3.03. The Morgan fingerprint density at radius 3 is 2.48 bits per heavy atom. The zero-order chi connectivity index (χ0) is 17.2. The molecule has 0 unspecified atom stereocenters. The fraction of sp³-hybridized carbons (Fsp3) is 0.188. The van der Waals surface area contributed by atoms with Gasteiger partial charge in [0.25, 0.3) is 10.0 Å². The maximum absolute atomic E-state index is 13.9. The molecule has 0 amide bonds. The van der Waals surface area contributed by atoms with E-state index in [1.54, 1.807) is 19.1 Å². The van der Waals surface area contributed by atoms with Gasteiger partial charge in [-0.05, 0) is 49.2 Å². The molecule has 0 fully saturated rings. The quantitative estimate of drug-likeness (QED) is 0.871. The minimum Gasteiger partial charge on any atom is -0.465 e. The first-order valence-electron chi connectivity index (χ1n) is 6.72. The van der Waals surface area contributed by atoms with E-state index >= 15 is 0 Å². The number of benzene rings is 2. The van der Waals surface area contributed by atoms with Gasteiger partial charge in [0.05, 0.1) is 18.4 Å². The van der Waals surface area contributed by atoms with Crippen LogP contribution in [0.5, 0.6) is 0 Å². The van der Waals surface area contributed by atoms with E-state index in [1.807, 2.05) is 13.0 Å². The molecule has 0 aliphatic carbocycles. The third-order valence-electron chi connectivity index (χ3n) is 3.28. The Labute approximate surface area is 134 Å². The molecule has 0 atom stereocenters. The van der Waals surface area contributed by atoms with Crippen molar-refractivity contribution in [3.63, 3.8) is 0 Å². The van der Waals surface area contributed by atoms with Crippen molar-refractivity contribution in [2.75, 3.05) is 11.8 Å². The molecule has 0 saturated carbocycles. The molecule has 1 N–H and O–H groups in total. The normalized spacial score (nSPS) is 11.1. The van der Waals surface area contributed by atoms with E-state index in [4.69, 9.17) is 0 Å². The summed E-state index contributed by atoms with van der Waals surface area (Å²) in [5.41, 5.74) is 1.86. The highest BCUT2D eigenvalue weighted by molar-refractivity contribution is 7.92. The number of nitrogens with one attached hydrogen (secondary N) is 1. The Bertz CT molecular complexity index is 862. The second-order valence-corrected chi connectivity index (χ2v) is 6.71. The summed E-state index contributed by atoms with van der Waals surface area (Å²) in [6.07, 6.45) is 0. The minimum atomic E-state index is -4.18. The van der Waals surface area contributed by atoms with Crippen molar-refractivity contribution in [2.24, 2.45) is 0 Å². The molecule has 23 heavy (non-hydrogen) atoms. The molecule has 0 bridgehead atoms. The number of carbonyl (C=O) groups is 1. The van der Waals surface area contributed by atoms with Crippen LogP contribution in [0.25, 0.3) is 0 Å². The number of rotatable bonds is 4. The number of esters is 1. The van der Waals surface area contributed by atoms with E-state index in [9.17, 15) is 17.6 Å². The van der Waals surface area contributed by atoms with E-state index in [1.165, 1.54) is 0 Å². The molecule has 2 rings (SSSR count). The topological polar surface area (TPSA) is 72.5 Å². The van der Waals surface area contributed by atoms with E-state index in [0.717, 1.165) is 30.9 Å². The molecule has 122 valence electrons. The summed E-state index contributed by atoms with van der Waals surface area (Å²) in [6.45, 7) is 3.55. The van der Waals surface area contributed by atoms with Gasteiger partial charge < -0.3 is 4.74 Å². The number of ether oxygens (including phenoxy) is 1. The molecule has 2 aromatic rings. The van der Waals surface area contributed by atoms with Gasteiger partial charge >= 0.3 is 5.97 Å². The molecule has 5 nitrogen and oxygen atoms in total. The van der Waals surface area contributed by atoms with Gasteiger partial charge in [-0.15, -0.1) is 0 Å². The van der Waals surface area contributed by atoms with Gasteiger partial charge in [-0.3, -0.25) is 4.72 Å². The average molecular weight is 337 g/mol. The molecule has 0 radical (unpaired) electrons. The summed E-state index contributed by atoms with van der Waals surface area (Å²) in [6, 6.07) is 8.28. The molecule has 0 spiro atoms. The number of hydrogen-bond donors (Lipinski definition) is 1. The summed E-state index contributed by atoms with van der Waals surface area (Å²) in [7, 11) is -3.02. The Morgan fingerprint density at radius 2 is 1.83 bits per heavy atom. The number of hydrogen-bond acceptors (Lipinski definition) is 4. The van der Waals surface area contributed by atoms with Gasteiger partial charge in [0.1, 0.15) is 10.7 Å². The number of carbonyl (C=O) groups excluding carboxylic acids is 1. The van der Waals surface area contributed by atoms with Gasteiger partial charge in [0.2, 0.25) is 0 Å². The van der Waals surface area contributed by atoms with Crippen LogP contribution < -0.4 is 4.72 Å². The van der Waals surface area contributed by atoms with Gasteiger partial charge in [0, 0.05) is 0 Å². The van der Waals surface area contributed by atoms with E-state index < -0.39 is 26.7 Å². The average Bonchev–Trinajstić information content (AvgIpc) is 2.50. The van der Waals surface area contributed by atoms with Crippen molar-refractivity contribution in [3.8, 4) is 0 Å². The number of aryl methyl sites for hydroxylation is 2. The standard InChI is InChI=1S/C16H16FNO4S/c1-10-4-5-11(2)14(8-10)18-23(20,21)15-9-12(16(19)22-3)6-7-13(15)17/h4-9,18H,1-3H3. The Balaban J connectivity index is 2.47. The van der Waals surface area contributed by atoms with Crippen LogP contribution in [-0.2, 0) is 14.8 Å². The van der Waals surface area contributed by atoms with Crippen LogP contribution in [-0.4, -0.2) is 21.5 Å². The van der Waals surface area contributed by atoms with E-state index in [2.05, 4.69) is 9.46 Å². The fourth-order valence-electron chi connectivity index (χ4n) is 2.00. The summed E-state index contributed by atoms with van der Waals surface area (Å²) >= 11 is 0.